The van der Waals surface area contributed by atoms with Gasteiger partial charge in [0.05, 0.1) is 6.61 Å². The Morgan fingerprint density at radius 2 is 1.84 bits per heavy atom. The minimum absolute atomic E-state index is 0.244. The van der Waals surface area contributed by atoms with Crippen molar-refractivity contribution < 1.29 is 9.90 Å². The maximum atomic E-state index is 12.1. The highest BCUT2D eigenvalue weighted by Crippen LogP contribution is 2.37. The standard InChI is InChI=1S/C15H28N2O2/c1-15(2)4-3-14(19)13(11-15)12-17-7-5-16(6-8-17)9-10-18/h13,18H,3-12H2,1-2H3. The van der Waals surface area contributed by atoms with E-state index in [0.717, 1.165) is 58.5 Å². The Morgan fingerprint density at radius 1 is 1.21 bits per heavy atom. The van der Waals surface area contributed by atoms with E-state index in [1.807, 2.05) is 0 Å². The van der Waals surface area contributed by atoms with Crippen LogP contribution in [0.25, 0.3) is 0 Å². The molecule has 4 heteroatoms. The van der Waals surface area contributed by atoms with Gasteiger partial charge in [0, 0.05) is 51.6 Å². The van der Waals surface area contributed by atoms with Gasteiger partial charge in [0.1, 0.15) is 5.78 Å². The zero-order valence-corrected chi connectivity index (χ0v) is 12.4. The number of carbonyl (C=O) groups is 1. The van der Waals surface area contributed by atoms with Gasteiger partial charge in [-0.1, -0.05) is 13.8 Å². The Morgan fingerprint density at radius 3 is 2.47 bits per heavy atom. The van der Waals surface area contributed by atoms with Gasteiger partial charge in [0.15, 0.2) is 0 Å². The third-order valence-electron chi connectivity index (χ3n) is 4.66. The normalized spacial score (nSPS) is 29.6. The van der Waals surface area contributed by atoms with Crippen LogP contribution in [0.5, 0.6) is 0 Å². The molecule has 1 unspecified atom stereocenters. The van der Waals surface area contributed by atoms with Crippen LogP contribution in [-0.2, 0) is 4.79 Å². The first-order chi connectivity index (χ1) is 9.00. The highest BCUT2D eigenvalue weighted by atomic mass is 16.3. The molecular weight excluding hydrogens is 240 g/mol. The molecule has 0 bridgehead atoms. The van der Waals surface area contributed by atoms with E-state index in [1.165, 1.54) is 0 Å². The lowest BCUT2D eigenvalue weighted by Gasteiger charge is -2.39. The monoisotopic (exact) mass is 268 g/mol. The molecule has 1 N–H and O–H groups in total. The summed E-state index contributed by atoms with van der Waals surface area (Å²) in [7, 11) is 0. The zero-order chi connectivity index (χ0) is 13.9. The fourth-order valence-corrected chi connectivity index (χ4v) is 3.36. The number of rotatable bonds is 4. The number of β-amino-alcohol motifs (C(OH)–C–C–N with tert-alkyl or cyclic N) is 1. The second kappa shape index (κ2) is 6.33. The summed E-state index contributed by atoms with van der Waals surface area (Å²) < 4.78 is 0. The van der Waals surface area contributed by atoms with Crippen molar-refractivity contribution >= 4 is 5.78 Å². The molecule has 1 saturated carbocycles. The topological polar surface area (TPSA) is 43.8 Å². The van der Waals surface area contributed by atoms with Crippen LogP contribution in [0.3, 0.4) is 0 Å². The van der Waals surface area contributed by atoms with Crippen LogP contribution < -0.4 is 0 Å². The van der Waals surface area contributed by atoms with Crippen LogP contribution in [0.15, 0.2) is 0 Å². The Kier molecular flexibility index (Phi) is 4.98. The number of Topliss-reactive ketones (excluding diaryl/α,β-unsaturated/α-hetero) is 1. The van der Waals surface area contributed by atoms with Crippen molar-refractivity contribution in [1.29, 1.82) is 0 Å². The van der Waals surface area contributed by atoms with E-state index in [0.29, 0.717) is 11.2 Å². The molecule has 0 spiro atoms. The zero-order valence-electron chi connectivity index (χ0n) is 12.4. The highest BCUT2D eigenvalue weighted by molar-refractivity contribution is 5.82. The van der Waals surface area contributed by atoms with Crippen LogP contribution in [0.2, 0.25) is 0 Å². The van der Waals surface area contributed by atoms with E-state index in [2.05, 4.69) is 23.6 Å². The van der Waals surface area contributed by atoms with Gasteiger partial charge in [-0.15, -0.1) is 0 Å². The molecular formula is C15H28N2O2. The SMILES string of the molecule is CC1(C)CCC(=O)C(CN2CCN(CCO)CC2)C1. The predicted molar refractivity (Wildman–Crippen MR) is 76.1 cm³/mol. The van der Waals surface area contributed by atoms with E-state index >= 15 is 0 Å². The number of hydrogen-bond donors (Lipinski definition) is 1. The first-order valence-corrected chi connectivity index (χ1v) is 7.58. The fourth-order valence-electron chi connectivity index (χ4n) is 3.36. The summed E-state index contributed by atoms with van der Waals surface area (Å²) in [6.45, 7) is 10.6. The third-order valence-corrected chi connectivity index (χ3v) is 4.66. The van der Waals surface area contributed by atoms with Gasteiger partial charge >= 0.3 is 0 Å². The number of aliphatic hydroxyl groups is 1. The summed E-state index contributed by atoms with van der Waals surface area (Å²) in [5.74, 6) is 0.713. The van der Waals surface area contributed by atoms with Crippen molar-refractivity contribution in [3.05, 3.63) is 0 Å². The van der Waals surface area contributed by atoms with Crippen LogP contribution in [-0.4, -0.2) is 66.6 Å². The quantitative estimate of drug-likeness (QED) is 0.826. The van der Waals surface area contributed by atoms with Gasteiger partial charge in [0.2, 0.25) is 0 Å². The Hall–Kier alpha value is -0.450. The lowest BCUT2D eigenvalue weighted by Crippen LogP contribution is -2.49. The second-order valence-corrected chi connectivity index (χ2v) is 6.90. The van der Waals surface area contributed by atoms with Crippen molar-refractivity contribution in [3.8, 4) is 0 Å². The summed E-state index contributed by atoms with van der Waals surface area (Å²) >= 11 is 0. The molecule has 1 saturated heterocycles. The first-order valence-electron chi connectivity index (χ1n) is 7.58. The van der Waals surface area contributed by atoms with Crippen molar-refractivity contribution in [1.82, 2.24) is 9.80 Å². The van der Waals surface area contributed by atoms with Crippen LogP contribution in [0.4, 0.5) is 0 Å². The summed E-state index contributed by atoms with van der Waals surface area (Å²) in [5, 5.41) is 8.94. The molecule has 0 aromatic rings. The largest absolute Gasteiger partial charge is 0.395 e. The maximum absolute atomic E-state index is 12.1. The molecule has 4 nitrogen and oxygen atoms in total. The molecule has 1 aliphatic heterocycles. The van der Waals surface area contributed by atoms with Gasteiger partial charge in [-0.25, -0.2) is 0 Å². The summed E-state index contributed by atoms with van der Waals surface area (Å²) in [5.41, 5.74) is 0.331. The van der Waals surface area contributed by atoms with E-state index in [9.17, 15) is 4.79 Å². The van der Waals surface area contributed by atoms with Crippen molar-refractivity contribution in [2.24, 2.45) is 11.3 Å². The molecule has 0 radical (unpaired) electrons. The number of aliphatic hydroxyl groups excluding tert-OH is 1. The van der Waals surface area contributed by atoms with E-state index in [1.54, 1.807) is 0 Å². The van der Waals surface area contributed by atoms with E-state index < -0.39 is 0 Å². The Bertz CT molecular complexity index is 309. The summed E-state index contributed by atoms with van der Waals surface area (Å²) in [6, 6.07) is 0. The fraction of sp³-hybridized carbons (Fsp3) is 0.933. The number of carbonyl (C=O) groups excluding carboxylic acids is 1. The Labute approximate surface area is 116 Å². The highest BCUT2D eigenvalue weighted by Gasteiger charge is 2.34. The van der Waals surface area contributed by atoms with E-state index in [-0.39, 0.29) is 12.5 Å². The van der Waals surface area contributed by atoms with Gasteiger partial charge < -0.3 is 10.0 Å². The lowest BCUT2D eigenvalue weighted by molar-refractivity contribution is -0.128. The smallest absolute Gasteiger partial charge is 0.137 e. The molecule has 0 amide bonds. The van der Waals surface area contributed by atoms with Crippen molar-refractivity contribution in [3.63, 3.8) is 0 Å². The van der Waals surface area contributed by atoms with Gasteiger partial charge in [0.25, 0.3) is 0 Å². The van der Waals surface area contributed by atoms with Crippen LogP contribution >= 0.6 is 0 Å². The van der Waals surface area contributed by atoms with Crippen LogP contribution in [0, 0.1) is 11.3 Å². The molecule has 2 rings (SSSR count). The number of ketones is 1. The third kappa shape index (κ3) is 4.26. The number of piperazine rings is 1. The molecule has 0 aromatic carbocycles. The maximum Gasteiger partial charge on any atom is 0.137 e. The molecule has 110 valence electrons. The molecule has 2 aliphatic rings. The minimum atomic E-state index is 0.244. The Balaban J connectivity index is 1.80. The average molecular weight is 268 g/mol. The molecule has 1 heterocycles. The molecule has 0 aromatic heterocycles. The molecule has 1 aliphatic carbocycles. The predicted octanol–water partition coefficient (Wildman–Crippen LogP) is 0.992. The number of nitrogens with zero attached hydrogens (tertiary/aromatic N) is 2. The van der Waals surface area contributed by atoms with Crippen LogP contribution in [0.1, 0.15) is 33.1 Å². The van der Waals surface area contributed by atoms with Gasteiger partial charge in [-0.3, -0.25) is 9.69 Å². The summed E-state index contributed by atoms with van der Waals surface area (Å²) in [4.78, 5) is 16.8. The first kappa shape index (κ1) is 14.9. The minimum Gasteiger partial charge on any atom is -0.395 e. The molecule has 1 atom stereocenters. The van der Waals surface area contributed by atoms with Crippen molar-refractivity contribution in [2.45, 2.75) is 33.1 Å². The number of hydrogen-bond acceptors (Lipinski definition) is 4. The second-order valence-electron chi connectivity index (χ2n) is 6.90. The van der Waals surface area contributed by atoms with Crippen molar-refractivity contribution in [2.75, 3.05) is 45.9 Å². The molecule has 19 heavy (non-hydrogen) atoms. The summed E-state index contributed by atoms with van der Waals surface area (Å²) in [6.07, 6.45) is 2.86. The van der Waals surface area contributed by atoms with E-state index in [4.69, 9.17) is 5.11 Å². The average Bonchev–Trinajstić information content (AvgIpc) is 2.36. The molecule has 2 fully saturated rings. The lowest BCUT2D eigenvalue weighted by atomic mass is 9.71. The van der Waals surface area contributed by atoms with Gasteiger partial charge in [-0.2, -0.15) is 0 Å². The van der Waals surface area contributed by atoms with Gasteiger partial charge in [-0.05, 0) is 18.3 Å².